The van der Waals surface area contributed by atoms with Gasteiger partial charge in [-0.05, 0) is 0 Å². The quantitative estimate of drug-likeness (QED) is 0.711. The summed E-state index contributed by atoms with van der Waals surface area (Å²) in [5.41, 5.74) is 6.29. The van der Waals surface area contributed by atoms with Crippen molar-refractivity contribution in [3.05, 3.63) is 28.5 Å². The number of rotatable bonds is 0. The summed E-state index contributed by atoms with van der Waals surface area (Å²) < 4.78 is 1.67. The van der Waals surface area contributed by atoms with Crippen LogP contribution in [0.3, 0.4) is 0 Å². The van der Waals surface area contributed by atoms with Crippen molar-refractivity contribution in [3.63, 3.8) is 0 Å². The predicted octanol–water partition coefficient (Wildman–Crippen LogP) is 2.22. The van der Waals surface area contributed by atoms with Gasteiger partial charge < -0.3 is 5.73 Å². The fraction of sp³-hybridized carbons (Fsp3) is 0. The lowest BCUT2D eigenvalue weighted by molar-refractivity contribution is 1.20. The van der Waals surface area contributed by atoms with E-state index in [1.807, 2.05) is 0 Å². The van der Waals surface area contributed by atoms with Gasteiger partial charge in [-0.2, -0.15) is 0 Å². The summed E-state index contributed by atoms with van der Waals surface area (Å²) >= 11 is 11.6. The Labute approximate surface area is 78.7 Å². The number of anilines is 1. The molecule has 2 aromatic heterocycles. The zero-order chi connectivity index (χ0) is 8.72. The van der Waals surface area contributed by atoms with E-state index < -0.39 is 0 Å². The molecule has 2 heterocycles. The van der Waals surface area contributed by atoms with Crippen LogP contribution in [0.4, 0.5) is 5.82 Å². The monoisotopic (exact) mass is 201 g/mol. The lowest BCUT2D eigenvalue weighted by Gasteiger charge is -1.98. The van der Waals surface area contributed by atoms with Crippen LogP contribution in [0.1, 0.15) is 0 Å². The van der Waals surface area contributed by atoms with E-state index in [-0.39, 0.29) is 0 Å². The van der Waals surface area contributed by atoms with Gasteiger partial charge in [0.25, 0.3) is 0 Å². The Bertz CT molecular complexity index is 435. The van der Waals surface area contributed by atoms with E-state index in [1.54, 1.807) is 22.9 Å². The Morgan fingerprint density at radius 1 is 1.33 bits per heavy atom. The van der Waals surface area contributed by atoms with Crippen LogP contribution in [0.2, 0.25) is 10.0 Å². The molecule has 12 heavy (non-hydrogen) atoms. The minimum atomic E-state index is 0.467. The van der Waals surface area contributed by atoms with Gasteiger partial charge in [0, 0.05) is 12.3 Å². The maximum atomic E-state index is 5.78. The Balaban J connectivity index is 2.87. The summed E-state index contributed by atoms with van der Waals surface area (Å²) in [6.07, 6.45) is 3.20. The largest absolute Gasteiger partial charge is 0.383 e. The van der Waals surface area contributed by atoms with E-state index >= 15 is 0 Å². The van der Waals surface area contributed by atoms with Crippen LogP contribution < -0.4 is 5.73 Å². The molecule has 0 fully saturated rings. The van der Waals surface area contributed by atoms with Crippen molar-refractivity contribution in [3.8, 4) is 0 Å². The highest BCUT2D eigenvalue weighted by atomic mass is 35.5. The highest BCUT2D eigenvalue weighted by molar-refractivity contribution is 6.42. The molecule has 0 saturated heterocycles. The maximum absolute atomic E-state index is 5.78. The molecule has 0 atom stereocenters. The number of nitrogens with two attached hydrogens (primary N) is 1. The molecule has 0 bridgehead atoms. The topological polar surface area (TPSA) is 43.3 Å². The molecule has 2 N–H and O–H groups in total. The number of halogens is 2. The molecular weight excluding hydrogens is 197 g/mol. The number of nitrogens with zero attached hydrogens (tertiary/aromatic N) is 2. The molecule has 0 aliphatic rings. The molecule has 62 valence electrons. The van der Waals surface area contributed by atoms with Crippen LogP contribution in [0.5, 0.6) is 0 Å². The number of imidazole rings is 1. The first-order valence-electron chi connectivity index (χ1n) is 3.26. The van der Waals surface area contributed by atoms with E-state index in [9.17, 15) is 0 Å². The molecule has 0 unspecified atom stereocenters. The number of hydrogen-bond donors (Lipinski definition) is 1. The summed E-state index contributed by atoms with van der Waals surface area (Å²) in [5, 5.41) is 0.948. The van der Waals surface area contributed by atoms with Crippen molar-refractivity contribution >= 4 is 34.7 Å². The van der Waals surface area contributed by atoms with Crippen molar-refractivity contribution in [1.82, 2.24) is 9.38 Å². The van der Waals surface area contributed by atoms with Gasteiger partial charge in [0.1, 0.15) is 11.5 Å². The van der Waals surface area contributed by atoms with E-state index in [4.69, 9.17) is 28.9 Å². The summed E-state index contributed by atoms with van der Waals surface area (Å²) in [6, 6.07) is 1.67. The highest BCUT2D eigenvalue weighted by Crippen LogP contribution is 2.23. The number of aromatic nitrogens is 2. The fourth-order valence-electron chi connectivity index (χ4n) is 0.994. The first-order valence-corrected chi connectivity index (χ1v) is 4.01. The molecule has 5 heteroatoms. The Kier molecular flexibility index (Phi) is 1.63. The number of fused-ring (bicyclic) bond motifs is 1. The second-order valence-electron chi connectivity index (χ2n) is 2.38. The highest BCUT2D eigenvalue weighted by Gasteiger charge is 2.03. The molecule has 0 saturated carbocycles. The van der Waals surface area contributed by atoms with Crippen molar-refractivity contribution in [2.24, 2.45) is 0 Å². The summed E-state index contributed by atoms with van der Waals surface area (Å²) in [5.74, 6) is 0.545. The molecule has 2 aromatic rings. The summed E-state index contributed by atoms with van der Waals surface area (Å²) in [6.45, 7) is 0. The minimum absolute atomic E-state index is 0.467. The Morgan fingerprint density at radius 2 is 2.08 bits per heavy atom. The molecule has 0 spiro atoms. The Morgan fingerprint density at radius 3 is 2.83 bits per heavy atom. The second-order valence-corrected chi connectivity index (χ2v) is 3.19. The van der Waals surface area contributed by atoms with Crippen LogP contribution >= 0.6 is 23.2 Å². The molecule has 0 aliphatic carbocycles. The van der Waals surface area contributed by atoms with E-state index in [0.29, 0.717) is 21.5 Å². The van der Waals surface area contributed by atoms with E-state index in [2.05, 4.69) is 4.98 Å². The van der Waals surface area contributed by atoms with Crippen LogP contribution in [0.25, 0.3) is 5.65 Å². The predicted molar refractivity (Wildman–Crippen MR) is 49.6 cm³/mol. The number of nitrogen functional groups attached to an aromatic ring is 1. The maximum Gasteiger partial charge on any atom is 0.139 e. The van der Waals surface area contributed by atoms with Crippen molar-refractivity contribution in [2.75, 3.05) is 5.73 Å². The molecule has 2 rings (SSSR count). The first-order chi connectivity index (χ1) is 5.68. The second kappa shape index (κ2) is 2.54. The Hall–Kier alpha value is -0.930. The molecule has 0 aromatic carbocycles. The standard InChI is InChI=1S/C7H5Cl2N3/c8-4-1-7-11-2-6(10)12(7)3-5(4)9/h1-3H,10H2. The third kappa shape index (κ3) is 1.02. The lowest BCUT2D eigenvalue weighted by Crippen LogP contribution is -1.91. The zero-order valence-electron chi connectivity index (χ0n) is 5.96. The smallest absolute Gasteiger partial charge is 0.139 e. The molecule has 3 nitrogen and oxygen atoms in total. The van der Waals surface area contributed by atoms with Crippen LogP contribution in [0.15, 0.2) is 18.5 Å². The average molecular weight is 202 g/mol. The zero-order valence-corrected chi connectivity index (χ0v) is 7.47. The minimum Gasteiger partial charge on any atom is -0.383 e. The van der Waals surface area contributed by atoms with Crippen LogP contribution in [-0.4, -0.2) is 9.38 Å². The van der Waals surface area contributed by atoms with Gasteiger partial charge in [-0.1, -0.05) is 23.2 Å². The van der Waals surface area contributed by atoms with Gasteiger partial charge in [0.2, 0.25) is 0 Å². The number of pyridine rings is 1. The molecule has 0 radical (unpaired) electrons. The van der Waals surface area contributed by atoms with Gasteiger partial charge >= 0.3 is 0 Å². The lowest BCUT2D eigenvalue weighted by atomic mass is 10.5. The average Bonchev–Trinajstić information content (AvgIpc) is 2.35. The summed E-state index contributed by atoms with van der Waals surface area (Å²) in [7, 11) is 0. The molecular formula is C7H5Cl2N3. The SMILES string of the molecule is Nc1cnc2cc(Cl)c(Cl)cn12. The van der Waals surface area contributed by atoms with Crippen molar-refractivity contribution in [2.45, 2.75) is 0 Å². The normalized spacial score (nSPS) is 10.8. The van der Waals surface area contributed by atoms with Gasteiger partial charge in [-0.3, -0.25) is 4.40 Å². The van der Waals surface area contributed by atoms with Crippen molar-refractivity contribution in [1.29, 1.82) is 0 Å². The van der Waals surface area contributed by atoms with Crippen molar-refractivity contribution < 1.29 is 0 Å². The molecule has 0 aliphatic heterocycles. The van der Waals surface area contributed by atoms with Gasteiger partial charge in [0.05, 0.1) is 16.2 Å². The van der Waals surface area contributed by atoms with Crippen LogP contribution in [0, 0.1) is 0 Å². The van der Waals surface area contributed by atoms with Gasteiger partial charge in [0.15, 0.2) is 0 Å². The van der Waals surface area contributed by atoms with Gasteiger partial charge in [-0.15, -0.1) is 0 Å². The third-order valence-corrected chi connectivity index (χ3v) is 2.29. The fourth-order valence-corrected chi connectivity index (χ4v) is 1.29. The molecule has 0 amide bonds. The van der Waals surface area contributed by atoms with E-state index in [0.717, 1.165) is 0 Å². The number of hydrogen-bond acceptors (Lipinski definition) is 2. The van der Waals surface area contributed by atoms with Crippen LogP contribution in [-0.2, 0) is 0 Å². The third-order valence-electron chi connectivity index (χ3n) is 1.58. The first kappa shape index (κ1) is 7.71. The van der Waals surface area contributed by atoms with Gasteiger partial charge in [-0.25, -0.2) is 4.98 Å². The van der Waals surface area contributed by atoms with E-state index in [1.165, 1.54) is 0 Å². The summed E-state index contributed by atoms with van der Waals surface area (Å²) in [4.78, 5) is 4.02.